The van der Waals surface area contributed by atoms with E-state index in [1.54, 1.807) is 24.3 Å². The Labute approximate surface area is 132 Å². The Bertz CT molecular complexity index is 779. The van der Waals surface area contributed by atoms with Gasteiger partial charge in [0.2, 0.25) is 0 Å². The molecule has 116 valence electrons. The summed E-state index contributed by atoms with van der Waals surface area (Å²) < 4.78 is 4.88. The molecule has 2 aromatic rings. The maximum atomic E-state index is 11.1. The Morgan fingerprint density at radius 2 is 2.00 bits per heavy atom. The molecule has 0 aliphatic heterocycles. The van der Waals surface area contributed by atoms with Crippen LogP contribution in [0.4, 0.5) is 17.1 Å². The molecule has 0 aliphatic carbocycles. The lowest BCUT2D eigenvalue weighted by Crippen LogP contribution is -2.00. The fraction of sp³-hybridized carbons (Fsp3) is 0.125. The predicted octanol–water partition coefficient (Wildman–Crippen LogP) is 3.27. The van der Waals surface area contributed by atoms with Gasteiger partial charge in [0.25, 0.3) is 5.69 Å². The Kier molecular flexibility index (Phi) is 4.89. The fourth-order valence-corrected chi connectivity index (χ4v) is 1.88. The van der Waals surface area contributed by atoms with Gasteiger partial charge in [-0.05, 0) is 29.8 Å². The van der Waals surface area contributed by atoms with E-state index in [9.17, 15) is 14.9 Å². The molecule has 7 heteroatoms. The standard InChI is InChI=1S/C16H13N3O4/c1-11(20)23-10-12-2-5-14(6-3-12)18-15-7-4-13(9-17)8-16(15)19(21)22/h2-8,18H,10H2,1H3. The van der Waals surface area contributed by atoms with Crippen LogP contribution in [-0.4, -0.2) is 10.9 Å². The number of anilines is 2. The third-order valence-electron chi connectivity index (χ3n) is 3.00. The van der Waals surface area contributed by atoms with Crippen LogP contribution >= 0.6 is 0 Å². The lowest BCUT2D eigenvalue weighted by Gasteiger charge is -2.08. The van der Waals surface area contributed by atoms with E-state index in [1.165, 1.54) is 25.1 Å². The molecule has 0 fully saturated rings. The van der Waals surface area contributed by atoms with E-state index in [4.69, 9.17) is 10.00 Å². The van der Waals surface area contributed by atoms with E-state index in [0.717, 1.165) is 5.56 Å². The zero-order chi connectivity index (χ0) is 16.8. The average molecular weight is 311 g/mol. The molecule has 2 rings (SSSR count). The second kappa shape index (κ2) is 7.04. The van der Waals surface area contributed by atoms with E-state index in [2.05, 4.69) is 5.32 Å². The Hall–Kier alpha value is -3.40. The molecule has 0 saturated carbocycles. The topological polar surface area (TPSA) is 105 Å². The van der Waals surface area contributed by atoms with Gasteiger partial charge in [-0.1, -0.05) is 12.1 Å². The number of hydrogen-bond acceptors (Lipinski definition) is 6. The van der Waals surface area contributed by atoms with Crippen LogP contribution in [0.25, 0.3) is 0 Å². The van der Waals surface area contributed by atoms with Crippen LogP contribution in [-0.2, 0) is 16.1 Å². The highest BCUT2D eigenvalue weighted by molar-refractivity contribution is 5.71. The van der Waals surface area contributed by atoms with Gasteiger partial charge in [-0.25, -0.2) is 0 Å². The number of carbonyl (C=O) groups is 1. The molecular formula is C16H13N3O4. The number of nitriles is 1. The highest BCUT2D eigenvalue weighted by Crippen LogP contribution is 2.28. The number of esters is 1. The number of hydrogen-bond donors (Lipinski definition) is 1. The van der Waals surface area contributed by atoms with Gasteiger partial charge in [0, 0.05) is 18.7 Å². The summed E-state index contributed by atoms with van der Waals surface area (Å²) in [6.07, 6.45) is 0. The summed E-state index contributed by atoms with van der Waals surface area (Å²) in [4.78, 5) is 21.3. The molecule has 0 atom stereocenters. The van der Waals surface area contributed by atoms with Crippen LogP contribution in [0.1, 0.15) is 18.1 Å². The zero-order valence-corrected chi connectivity index (χ0v) is 12.3. The van der Waals surface area contributed by atoms with Crippen molar-refractivity contribution < 1.29 is 14.5 Å². The van der Waals surface area contributed by atoms with Gasteiger partial charge in [0.15, 0.2) is 0 Å². The van der Waals surface area contributed by atoms with Crippen molar-refractivity contribution in [3.8, 4) is 6.07 Å². The van der Waals surface area contributed by atoms with Crippen LogP contribution in [0.2, 0.25) is 0 Å². The van der Waals surface area contributed by atoms with Crippen LogP contribution in [0.5, 0.6) is 0 Å². The molecule has 0 bridgehead atoms. The van der Waals surface area contributed by atoms with Crippen molar-refractivity contribution in [1.29, 1.82) is 5.26 Å². The first-order chi connectivity index (χ1) is 11.0. The maximum Gasteiger partial charge on any atom is 0.302 e. The molecule has 7 nitrogen and oxygen atoms in total. The number of benzene rings is 2. The largest absolute Gasteiger partial charge is 0.461 e. The second-order valence-corrected chi connectivity index (χ2v) is 4.70. The molecule has 0 saturated heterocycles. The molecule has 0 aromatic heterocycles. The minimum atomic E-state index is -0.543. The first-order valence-corrected chi connectivity index (χ1v) is 6.67. The van der Waals surface area contributed by atoms with E-state index in [0.29, 0.717) is 11.4 Å². The number of nitro groups is 1. The molecule has 0 radical (unpaired) electrons. The van der Waals surface area contributed by atoms with Crippen molar-refractivity contribution in [2.75, 3.05) is 5.32 Å². The minimum Gasteiger partial charge on any atom is -0.461 e. The minimum absolute atomic E-state index is 0.173. The van der Waals surface area contributed by atoms with Gasteiger partial charge in [-0.15, -0.1) is 0 Å². The van der Waals surface area contributed by atoms with Crippen LogP contribution in [0, 0.1) is 21.4 Å². The maximum absolute atomic E-state index is 11.1. The monoisotopic (exact) mass is 311 g/mol. The number of carbonyl (C=O) groups excluding carboxylic acids is 1. The SMILES string of the molecule is CC(=O)OCc1ccc(Nc2ccc(C#N)cc2[N+](=O)[O-])cc1. The van der Waals surface area contributed by atoms with Crippen molar-refractivity contribution >= 4 is 23.0 Å². The first kappa shape index (κ1) is 16.0. The summed E-state index contributed by atoms with van der Waals surface area (Å²) in [7, 11) is 0. The molecule has 2 aromatic carbocycles. The predicted molar refractivity (Wildman–Crippen MR) is 83.0 cm³/mol. The van der Waals surface area contributed by atoms with Gasteiger partial charge in [-0.2, -0.15) is 5.26 Å². The smallest absolute Gasteiger partial charge is 0.302 e. The normalized spacial score (nSPS) is 9.74. The number of rotatable bonds is 5. The number of nitro benzene ring substituents is 1. The van der Waals surface area contributed by atoms with Crippen molar-refractivity contribution in [3.63, 3.8) is 0 Å². The highest BCUT2D eigenvalue weighted by atomic mass is 16.6. The number of nitrogens with one attached hydrogen (secondary N) is 1. The summed E-state index contributed by atoms with van der Waals surface area (Å²) >= 11 is 0. The average Bonchev–Trinajstić information content (AvgIpc) is 2.54. The van der Waals surface area contributed by atoms with Gasteiger partial charge >= 0.3 is 5.97 Å². The summed E-state index contributed by atoms with van der Waals surface area (Å²) in [6, 6.07) is 13.0. The second-order valence-electron chi connectivity index (χ2n) is 4.70. The molecule has 0 aliphatic rings. The van der Waals surface area contributed by atoms with E-state index < -0.39 is 4.92 Å². The van der Waals surface area contributed by atoms with Crippen molar-refractivity contribution in [2.24, 2.45) is 0 Å². The first-order valence-electron chi connectivity index (χ1n) is 6.67. The Balaban J connectivity index is 2.17. The van der Waals surface area contributed by atoms with Gasteiger partial charge < -0.3 is 10.1 Å². The summed E-state index contributed by atoms with van der Waals surface area (Å²) in [5.74, 6) is -0.361. The molecule has 0 spiro atoms. The van der Waals surface area contributed by atoms with Gasteiger partial charge in [-0.3, -0.25) is 14.9 Å². The highest BCUT2D eigenvalue weighted by Gasteiger charge is 2.14. The quantitative estimate of drug-likeness (QED) is 0.516. The third-order valence-corrected chi connectivity index (χ3v) is 3.00. The van der Waals surface area contributed by atoms with Crippen molar-refractivity contribution in [3.05, 3.63) is 63.7 Å². The molecular weight excluding hydrogens is 298 g/mol. The molecule has 0 heterocycles. The van der Waals surface area contributed by atoms with Gasteiger partial charge in [0.1, 0.15) is 12.3 Å². The number of nitrogens with zero attached hydrogens (tertiary/aromatic N) is 2. The van der Waals surface area contributed by atoms with Crippen LogP contribution < -0.4 is 5.32 Å². The van der Waals surface area contributed by atoms with Crippen molar-refractivity contribution in [1.82, 2.24) is 0 Å². The summed E-state index contributed by atoms with van der Waals surface area (Å²) in [5, 5.41) is 22.8. The lowest BCUT2D eigenvalue weighted by molar-refractivity contribution is -0.383. The van der Waals surface area contributed by atoms with E-state index in [1.807, 2.05) is 6.07 Å². The summed E-state index contributed by atoms with van der Waals surface area (Å²) in [5.41, 5.74) is 1.79. The molecule has 1 N–H and O–H groups in total. The van der Waals surface area contributed by atoms with Crippen LogP contribution in [0.3, 0.4) is 0 Å². The summed E-state index contributed by atoms with van der Waals surface area (Å²) in [6.45, 7) is 1.51. The fourth-order valence-electron chi connectivity index (χ4n) is 1.88. The lowest BCUT2D eigenvalue weighted by atomic mass is 10.1. The van der Waals surface area contributed by atoms with Gasteiger partial charge in [0.05, 0.1) is 16.6 Å². The number of ether oxygens (including phenoxy) is 1. The third kappa shape index (κ3) is 4.28. The van der Waals surface area contributed by atoms with Crippen LogP contribution in [0.15, 0.2) is 42.5 Å². The molecule has 23 heavy (non-hydrogen) atoms. The zero-order valence-electron chi connectivity index (χ0n) is 12.3. The van der Waals surface area contributed by atoms with E-state index in [-0.39, 0.29) is 23.8 Å². The Morgan fingerprint density at radius 3 is 2.57 bits per heavy atom. The Morgan fingerprint density at radius 1 is 1.30 bits per heavy atom. The van der Waals surface area contributed by atoms with Crippen molar-refractivity contribution in [2.45, 2.75) is 13.5 Å². The molecule has 0 unspecified atom stereocenters. The van der Waals surface area contributed by atoms with E-state index >= 15 is 0 Å². The molecule has 0 amide bonds.